The third-order valence-electron chi connectivity index (χ3n) is 6.65. The molecule has 1 heterocycles. The Morgan fingerprint density at radius 2 is 1.13 bits per heavy atom. The topological polar surface area (TPSA) is 37.4 Å². The molecule has 30 heavy (non-hydrogen) atoms. The molecule has 1 aliphatic heterocycles. The Balaban J connectivity index is 1.67. The molecule has 1 saturated heterocycles. The predicted octanol–water partition coefficient (Wildman–Crippen LogP) is 5.70. The Bertz CT molecular complexity index is 1150. The van der Waals surface area contributed by atoms with E-state index in [0.717, 1.165) is 25.8 Å². The highest BCUT2D eigenvalue weighted by atomic mass is 127. The van der Waals surface area contributed by atoms with Gasteiger partial charge in [-0.15, -0.1) is 0 Å². The van der Waals surface area contributed by atoms with Gasteiger partial charge in [0.15, 0.2) is 0 Å². The van der Waals surface area contributed by atoms with E-state index in [1.165, 1.54) is 4.90 Å². The third-order valence-corrected chi connectivity index (χ3v) is 10.0. The van der Waals surface area contributed by atoms with E-state index in [2.05, 4.69) is 78.7 Å². The van der Waals surface area contributed by atoms with E-state index < -0.39 is 20.5 Å². The van der Waals surface area contributed by atoms with Crippen LogP contribution in [0.1, 0.15) is 22.3 Å². The summed E-state index contributed by atoms with van der Waals surface area (Å²) in [5.41, 5.74) is 4.82. The van der Waals surface area contributed by atoms with E-state index in [1.54, 1.807) is 0 Å². The molecule has 2 atom stereocenters. The van der Waals surface area contributed by atoms with Crippen molar-refractivity contribution in [1.82, 2.24) is 0 Å². The molecular weight excluding hydrogens is 621 g/mol. The molecule has 3 aromatic rings. The normalized spacial score (nSPS) is 30.8. The number of carbonyl (C=O) groups excluding carboxylic acids is 2. The first-order chi connectivity index (χ1) is 14.4. The number of hydrogen-bond acceptors (Lipinski definition) is 2. The zero-order chi connectivity index (χ0) is 20.8. The van der Waals surface area contributed by atoms with E-state index in [0.29, 0.717) is 5.69 Å². The number of hydrogen-bond donors (Lipinski definition) is 0. The quantitative estimate of drug-likeness (QED) is 0.196. The summed E-state index contributed by atoms with van der Waals surface area (Å²) in [6, 6.07) is 23.8. The van der Waals surface area contributed by atoms with E-state index in [-0.39, 0.29) is 11.8 Å². The zero-order valence-corrected chi connectivity index (χ0v) is 20.8. The third kappa shape index (κ3) is 2.10. The van der Waals surface area contributed by atoms with E-state index in [4.69, 9.17) is 0 Å². The summed E-state index contributed by atoms with van der Waals surface area (Å²) in [4.78, 5) is 29.1. The molecule has 0 saturated carbocycles. The first-order valence-electron chi connectivity index (χ1n) is 9.61. The van der Waals surface area contributed by atoms with Crippen LogP contribution in [0.25, 0.3) is 0 Å². The standard InChI is InChI=1S/C24H14Br2INO2/c25-23-15-8-1-2-9-16(15)24(26,18-11-4-3-10-17(18)23)20-19(23)21(29)28(22(20)30)14-7-5-6-13(27)12-14/h1-12,19-20H/t19-,20-,23?,24?/m1/s1. The number of carbonyl (C=O) groups is 2. The number of benzene rings is 3. The summed E-state index contributed by atoms with van der Waals surface area (Å²) < 4.78 is -0.509. The van der Waals surface area contributed by atoms with Crippen molar-refractivity contribution in [2.75, 3.05) is 4.90 Å². The van der Waals surface area contributed by atoms with Gasteiger partial charge in [-0.1, -0.05) is 86.5 Å². The lowest BCUT2D eigenvalue weighted by atomic mass is 9.54. The fourth-order valence-corrected chi connectivity index (χ4v) is 8.37. The van der Waals surface area contributed by atoms with Gasteiger partial charge in [0.2, 0.25) is 11.8 Å². The summed E-state index contributed by atoms with van der Waals surface area (Å²) >= 11 is 10.3. The van der Waals surface area contributed by atoms with Crippen LogP contribution in [0.2, 0.25) is 0 Å². The van der Waals surface area contributed by atoms with Crippen molar-refractivity contribution >= 4 is 72.0 Å². The molecule has 6 heteroatoms. The van der Waals surface area contributed by atoms with Gasteiger partial charge in [0, 0.05) is 3.57 Å². The van der Waals surface area contributed by atoms with Gasteiger partial charge in [-0.2, -0.15) is 0 Å². The highest BCUT2D eigenvalue weighted by Gasteiger charge is 2.72. The van der Waals surface area contributed by atoms with E-state index >= 15 is 0 Å². The van der Waals surface area contributed by atoms with Gasteiger partial charge >= 0.3 is 0 Å². The monoisotopic (exact) mass is 633 g/mol. The molecular formula is C24H14Br2INO2. The molecule has 0 spiro atoms. The van der Waals surface area contributed by atoms with Crippen LogP contribution in [-0.4, -0.2) is 11.8 Å². The lowest BCUT2D eigenvalue weighted by Crippen LogP contribution is -2.56. The number of amides is 2. The average molecular weight is 635 g/mol. The second kappa shape index (κ2) is 6.26. The Labute approximate surface area is 204 Å². The maximum Gasteiger partial charge on any atom is 0.239 e. The van der Waals surface area contributed by atoms with Crippen LogP contribution in [0.15, 0.2) is 72.8 Å². The molecule has 3 aliphatic carbocycles. The highest BCUT2D eigenvalue weighted by Crippen LogP contribution is 2.70. The van der Waals surface area contributed by atoms with Crippen molar-refractivity contribution in [2.45, 2.75) is 8.65 Å². The molecule has 0 N–H and O–H groups in total. The number of anilines is 1. The molecule has 2 bridgehead atoms. The average Bonchev–Trinajstić information content (AvgIpc) is 3.03. The van der Waals surface area contributed by atoms with Crippen molar-refractivity contribution in [3.63, 3.8) is 0 Å². The van der Waals surface area contributed by atoms with Crippen molar-refractivity contribution in [3.8, 4) is 0 Å². The first-order valence-corrected chi connectivity index (χ1v) is 12.3. The largest absolute Gasteiger partial charge is 0.274 e. The van der Waals surface area contributed by atoms with E-state index in [1.807, 2.05) is 48.5 Å². The van der Waals surface area contributed by atoms with Crippen LogP contribution in [-0.2, 0) is 18.2 Å². The Kier molecular flexibility index (Phi) is 4.01. The fourth-order valence-electron chi connectivity index (χ4n) is 5.54. The molecule has 148 valence electrons. The minimum Gasteiger partial charge on any atom is -0.274 e. The lowest BCUT2D eigenvalue weighted by molar-refractivity contribution is -0.122. The van der Waals surface area contributed by atoms with Crippen molar-refractivity contribution in [3.05, 3.63) is 98.6 Å². The van der Waals surface area contributed by atoms with Gasteiger partial charge in [-0.25, -0.2) is 4.90 Å². The van der Waals surface area contributed by atoms with Crippen LogP contribution >= 0.6 is 54.5 Å². The minimum atomic E-state index is -0.746. The van der Waals surface area contributed by atoms with Crippen LogP contribution < -0.4 is 4.90 Å². The first kappa shape index (κ1) is 19.2. The molecule has 3 nitrogen and oxygen atoms in total. The van der Waals surface area contributed by atoms with Crippen LogP contribution in [0.5, 0.6) is 0 Å². The number of halogens is 3. The molecule has 1 fully saturated rings. The molecule has 7 rings (SSSR count). The number of rotatable bonds is 1. The number of imide groups is 1. The molecule has 2 amide bonds. The lowest BCUT2D eigenvalue weighted by Gasteiger charge is -2.55. The number of alkyl halides is 2. The smallest absolute Gasteiger partial charge is 0.239 e. The second-order valence-electron chi connectivity index (χ2n) is 7.96. The molecule has 3 aromatic carbocycles. The highest BCUT2D eigenvalue weighted by molar-refractivity contribution is 14.1. The number of nitrogens with zero attached hydrogens (tertiary/aromatic N) is 1. The van der Waals surface area contributed by atoms with Gasteiger partial charge in [-0.3, -0.25) is 9.59 Å². The van der Waals surface area contributed by atoms with Gasteiger partial charge in [0.25, 0.3) is 0 Å². The molecule has 4 aliphatic rings. The van der Waals surface area contributed by atoms with Crippen LogP contribution in [0.4, 0.5) is 5.69 Å². The summed E-state index contributed by atoms with van der Waals surface area (Å²) in [6.07, 6.45) is 0. The fraction of sp³-hybridized carbons (Fsp3) is 0.167. The van der Waals surface area contributed by atoms with Crippen LogP contribution in [0, 0.1) is 15.4 Å². The minimum absolute atomic E-state index is 0.156. The second-order valence-corrected chi connectivity index (χ2v) is 11.7. The summed E-state index contributed by atoms with van der Waals surface area (Å²) in [5.74, 6) is -1.38. The van der Waals surface area contributed by atoms with Gasteiger partial charge in [0.1, 0.15) is 0 Å². The maximum atomic E-state index is 13.9. The Hall–Kier alpha value is -1.51. The molecule has 0 aromatic heterocycles. The van der Waals surface area contributed by atoms with Crippen molar-refractivity contribution < 1.29 is 9.59 Å². The van der Waals surface area contributed by atoms with E-state index in [9.17, 15) is 9.59 Å². The molecule has 0 unspecified atom stereocenters. The van der Waals surface area contributed by atoms with Crippen LogP contribution in [0.3, 0.4) is 0 Å². The molecule has 0 radical (unpaired) electrons. The Morgan fingerprint density at radius 1 is 0.700 bits per heavy atom. The van der Waals surface area contributed by atoms with Crippen molar-refractivity contribution in [2.24, 2.45) is 11.8 Å². The van der Waals surface area contributed by atoms with Crippen molar-refractivity contribution in [1.29, 1.82) is 0 Å². The zero-order valence-electron chi connectivity index (χ0n) is 15.5. The summed E-state index contributed by atoms with van der Waals surface area (Å²) in [7, 11) is 0. The van der Waals surface area contributed by atoms with Gasteiger partial charge in [-0.05, 0) is 63.0 Å². The predicted molar refractivity (Wildman–Crippen MR) is 131 cm³/mol. The SMILES string of the molecule is O=C1[C@H]2[C@H](C(=O)N1c1cccc(I)c1)C1(Br)c3ccccc3C2(Br)c2ccccc21. The Morgan fingerprint density at radius 3 is 1.53 bits per heavy atom. The summed E-state index contributed by atoms with van der Waals surface area (Å²) in [6.45, 7) is 0. The van der Waals surface area contributed by atoms with Gasteiger partial charge < -0.3 is 0 Å². The summed E-state index contributed by atoms with van der Waals surface area (Å²) in [5, 5.41) is 0. The maximum absolute atomic E-state index is 13.9. The van der Waals surface area contributed by atoms with Gasteiger partial charge in [0.05, 0.1) is 26.2 Å².